The number of hydrogen-bond donors (Lipinski definition) is 2. The van der Waals surface area contributed by atoms with Crippen LogP contribution in [-0.4, -0.2) is 44.6 Å². The predicted octanol–water partition coefficient (Wildman–Crippen LogP) is 2.18. The van der Waals surface area contributed by atoms with E-state index in [-0.39, 0.29) is 17.7 Å². The summed E-state index contributed by atoms with van der Waals surface area (Å²) in [6, 6.07) is -0.0115. The quantitative estimate of drug-likeness (QED) is 0.305. The van der Waals surface area contributed by atoms with Gasteiger partial charge < -0.3 is 19.4 Å². The topological polar surface area (TPSA) is 98.2 Å². The van der Waals surface area contributed by atoms with Crippen molar-refractivity contribution in [3.63, 3.8) is 0 Å². The van der Waals surface area contributed by atoms with Crippen LogP contribution in [-0.2, 0) is 18.7 Å². The molecule has 0 aliphatic carbocycles. The van der Waals surface area contributed by atoms with Crippen molar-refractivity contribution in [2.45, 2.75) is 26.8 Å². The Morgan fingerprint density at radius 3 is 2.55 bits per heavy atom. The summed E-state index contributed by atoms with van der Waals surface area (Å²) >= 11 is 0.984. The van der Waals surface area contributed by atoms with E-state index in [1.54, 1.807) is 6.92 Å². The maximum atomic E-state index is 12.5. The van der Waals surface area contributed by atoms with E-state index in [4.69, 9.17) is 9.26 Å². The smallest absolute Gasteiger partial charge is 0.396 e. The zero-order valence-corrected chi connectivity index (χ0v) is 14.0. The van der Waals surface area contributed by atoms with Gasteiger partial charge in [0.25, 0.3) is 0 Å². The Morgan fingerprint density at radius 2 is 2.10 bits per heavy atom. The maximum absolute atomic E-state index is 12.5. The summed E-state index contributed by atoms with van der Waals surface area (Å²) < 4.78 is 22.6. The third kappa shape index (κ3) is 8.42. The molecule has 2 N–H and O–H groups in total. The number of ether oxygens (including phenoxy) is 1. The van der Waals surface area contributed by atoms with Gasteiger partial charge in [-0.15, -0.1) is 0 Å². The minimum atomic E-state index is -3.09. The number of amides is 1. The SMILES string of the molecule is CCOP(=O)(NC(C)C)SCC(=NOC)OC(=O)NC. The van der Waals surface area contributed by atoms with E-state index < -0.39 is 12.8 Å². The van der Waals surface area contributed by atoms with E-state index in [1.165, 1.54) is 14.2 Å². The van der Waals surface area contributed by atoms with Crippen LogP contribution in [0.5, 0.6) is 0 Å². The highest BCUT2D eigenvalue weighted by Gasteiger charge is 2.26. The van der Waals surface area contributed by atoms with E-state index in [0.717, 1.165) is 11.4 Å². The van der Waals surface area contributed by atoms with Crippen LogP contribution in [0.3, 0.4) is 0 Å². The zero-order chi connectivity index (χ0) is 15.6. The zero-order valence-electron chi connectivity index (χ0n) is 12.3. The Kier molecular flexibility index (Phi) is 9.66. The highest BCUT2D eigenvalue weighted by molar-refractivity contribution is 8.56. The summed E-state index contributed by atoms with van der Waals surface area (Å²) in [5.74, 6) is 0.0699. The average Bonchev–Trinajstić information content (AvgIpc) is 2.35. The predicted molar refractivity (Wildman–Crippen MR) is 79.9 cm³/mol. The molecule has 0 bridgehead atoms. The molecule has 10 heteroatoms. The van der Waals surface area contributed by atoms with Gasteiger partial charge in [-0.05, 0) is 32.2 Å². The van der Waals surface area contributed by atoms with Gasteiger partial charge in [0.05, 0.1) is 12.4 Å². The normalized spacial score (nSPS) is 14.8. The molecule has 1 unspecified atom stereocenters. The summed E-state index contributed by atoms with van der Waals surface area (Å²) in [7, 11) is 2.75. The number of rotatable bonds is 8. The van der Waals surface area contributed by atoms with Gasteiger partial charge >= 0.3 is 12.8 Å². The van der Waals surface area contributed by atoms with Gasteiger partial charge in [-0.25, -0.2) is 9.88 Å². The second-order valence-electron chi connectivity index (χ2n) is 3.78. The number of nitrogens with one attached hydrogen (secondary N) is 2. The molecule has 0 aromatic rings. The third-order valence-electron chi connectivity index (χ3n) is 1.68. The van der Waals surface area contributed by atoms with Crippen molar-refractivity contribution in [1.29, 1.82) is 0 Å². The van der Waals surface area contributed by atoms with Crippen molar-refractivity contribution in [3.05, 3.63) is 0 Å². The minimum Gasteiger partial charge on any atom is -0.396 e. The first-order valence-electron chi connectivity index (χ1n) is 6.03. The number of nitrogens with zero attached hydrogens (tertiary/aromatic N) is 1. The molecule has 0 aromatic heterocycles. The Bertz CT molecular complexity index is 378. The first kappa shape index (κ1) is 19.2. The Morgan fingerprint density at radius 1 is 1.45 bits per heavy atom. The monoisotopic (exact) mass is 327 g/mol. The van der Waals surface area contributed by atoms with Crippen molar-refractivity contribution in [2.75, 3.05) is 26.5 Å². The van der Waals surface area contributed by atoms with Crippen molar-refractivity contribution < 1.29 is 23.5 Å². The summed E-state index contributed by atoms with van der Waals surface area (Å²) in [5, 5.41) is 8.71. The molecule has 8 nitrogen and oxygen atoms in total. The van der Waals surface area contributed by atoms with Gasteiger partial charge in [-0.2, -0.15) is 0 Å². The summed E-state index contributed by atoms with van der Waals surface area (Å²) in [4.78, 5) is 15.7. The van der Waals surface area contributed by atoms with Crippen LogP contribution >= 0.6 is 18.1 Å². The third-order valence-corrected chi connectivity index (χ3v) is 5.87. The van der Waals surface area contributed by atoms with Crippen LogP contribution in [0.15, 0.2) is 5.16 Å². The molecule has 0 rings (SSSR count). The molecule has 1 atom stereocenters. The number of carbonyl (C=O) groups excluding carboxylic acids is 1. The minimum absolute atomic E-state index is 0.00216. The highest BCUT2D eigenvalue weighted by atomic mass is 32.7. The molecule has 0 saturated heterocycles. The summed E-state index contributed by atoms with van der Waals surface area (Å²) in [6.07, 6.45) is -0.676. The van der Waals surface area contributed by atoms with Gasteiger partial charge in [0.15, 0.2) is 0 Å². The van der Waals surface area contributed by atoms with Crippen molar-refractivity contribution in [1.82, 2.24) is 10.4 Å². The van der Waals surface area contributed by atoms with Gasteiger partial charge in [-0.1, -0.05) is 5.16 Å². The lowest BCUT2D eigenvalue weighted by atomic mass is 10.4. The number of oxime groups is 1. The van der Waals surface area contributed by atoms with Crippen LogP contribution in [0.1, 0.15) is 20.8 Å². The van der Waals surface area contributed by atoms with E-state index in [9.17, 15) is 9.36 Å². The molecule has 20 heavy (non-hydrogen) atoms. The standard InChI is InChI=1S/C10H22N3O5PS/c1-6-17-19(15,13-8(2)3)20-7-9(12-16-5)18-10(14)11-4/h8H,6-7H2,1-5H3,(H,11,14)(H,13,15). The maximum Gasteiger partial charge on any atom is 0.413 e. The molecule has 1 amide bonds. The second-order valence-corrected chi connectivity index (χ2v) is 8.05. The summed E-state index contributed by atoms with van der Waals surface area (Å²) in [5.41, 5.74) is 0. The molecule has 0 aliphatic heterocycles. The Hall–Kier alpha value is -0.760. The molecule has 0 fully saturated rings. The van der Waals surface area contributed by atoms with Crippen LogP contribution < -0.4 is 10.4 Å². The molecule has 0 aromatic carbocycles. The molecule has 0 spiro atoms. The molecule has 0 radical (unpaired) electrons. The molecule has 0 heterocycles. The molecular formula is C10H22N3O5PS. The first-order chi connectivity index (χ1) is 9.36. The lowest BCUT2D eigenvalue weighted by Crippen LogP contribution is -2.25. The Labute approximate surface area is 123 Å². The van der Waals surface area contributed by atoms with E-state index >= 15 is 0 Å². The van der Waals surface area contributed by atoms with Gasteiger partial charge in [-0.3, -0.25) is 4.57 Å². The van der Waals surface area contributed by atoms with Gasteiger partial charge in [0.2, 0.25) is 5.90 Å². The fourth-order valence-corrected chi connectivity index (χ4v) is 4.90. The Balaban J connectivity index is 4.66. The van der Waals surface area contributed by atoms with Gasteiger partial charge in [0, 0.05) is 13.1 Å². The van der Waals surface area contributed by atoms with Crippen molar-refractivity contribution >= 4 is 30.1 Å². The molecule has 118 valence electrons. The fraction of sp³-hybridized carbons (Fsp3) is 0.800. The lowest BCUT2D eigenvalue weighted by molar-refractivity contribution is 0.180. The van der Waals surface area contributed by atoms with Crippen molar-refractivity contribution in [3.8, 4) is 0 Å². The van der Waals surface area contributed by atoms with E-state index in [1.807, 2.05) is 13.8 Å². The van der Waals surface area contributed by atoms with E-state index in [0.29, 0.717) is 6.61 Å². The largest absolute Gasteiger partial charge is 0.413 e. The first-order valence-corrected chi connectivity index (χ1v) is 9.24. The van der Waals surface area contributed by atoms with Crippen molar-refractivity contribution in [2.24, 2.45) is 5.16 Å². The fourth-order valence-electron chi connectivity index (χ4n) is 1.07. The average molecular weight is 327 g/mol. The second kappa shape index (κ2) is 10.0. The van der Waals surface area contributed by atoms with Crippen LogP contribution in [0.25, 0.3) is 0 Å². The lowest BCUT2D eigenvalue weighted by Gasteiger charge is -2.20. The highest BCUT2D eigenvalue weighted by Crippen LogP contribution is 2.56. The van der Waals surface area contributed by atoms with Crippen LogP contribution in [0.2, 0.25) is 0 Å². The summed E-state index contributed by atoms with van der Waals surface area (Å²) in [6.45, 7) is 2.68. The molecule has 0 aliphatic rings. The van der Waals surface area contributed by atoms with E-state index in [2.05, 4.69) is 20.4 Å². The van der Waals surface area contributed by atoms with Crippen LogP contribution in [0, 0.1) is 0 Å². The molecular weight excluding hydrogens is 305 g/mol. The van der Waals surface area contributed by atoms with Gasteiger partial charge in [0.1, 0.15) is 7.11 Å². The number of alkyl carbamates (subject to hydrolysis) is 1. The number of carbonyl (C=O) groups is 1. The van der Waals surface area contributed by atoms with Crippen LogP contribution in [0.4, 0.5) is 4.79 Å². The number of hydrogen-bond acceptors (Lipinski definition) is 7. The molecule has 0 saturated carbocycles.